The van der Waals surface area contributed by atoms with Crippen molar-refractivity contribution in [2.75, 3.05) is 26.4 Å². The maximum Gasteiger partial charge on any atom is 0.0881 e. The van der Waals surface area contributed by atoms with Crippen LogP contribution >= 0.6 is 0 Å². The van der Waals surface area contributed by atoms with Crippen molar-refractivity contribution in [2.24, 2.45) is 0 Å². The molecule has 0 saturated carbocycles. The predicted octanol–water partition coefficient (Wildman–Crippen LogP) is -0.742. The summed E-state index contributed by atoms with van der Waals surface area (Å²) < 4.78 is 0. The van der Waals surface area contributed by atoms with Gasteiger partial charge in [0.2, 0.25) is 0 Å². The van der Waals surface area contributed by atoms with Crippen LogP contribution in [0.5, 0.6) is 0 Å². The molecule has 0 unspecified atom stereocenters. The Hall–Kier alpha value is -0.420. The average molecular weight is 189 g/mol. The second-order valence-electron chi connectivity index (χ2n) is 3.39. The topological polar surface area (TPSA) is 72.7 Å². The Labute approximate surface area is 78.9 Å². The molecule has 0 spiro atoms. The van der Waals surface area contributed by atoms with Crippen LogP contribution in [0.25, 0.3) is 0 Å². The van der Waals surface area contributed by atoms with Crippen LogP contribution in [-0.4, -0.2) is 47.2 Å². The predicted molar refractivity (Wildman–Crippen MR) is 51.4 cm³/mol. The highest BCUT2D eigenvalue weighted by Gasteiger charge is 2.26. The molecule has 0 radical (unpaired) electrons. The Bertz CT molecular complexity index is 147. The Morgan fingerprint density at radius 2 is 1.69 bits per heavy atom. The lowest BCUT2D eigenvalue weighted by Gasteiger charge is -2.28. The lowest BCUT2D eigenvalue weighted by atomic mass is 10.0. The van der Waals surface area contributed by atoms with E-state index in [4.69, 9.17) is 15.3 Å². The molecular formula is C9H19NO3. The molecule has 0 atom stereocenters. The molecule has 0 heterocycles. The molecule has 0 aliphatic carbocycles. The molecule has 78 valence electrons. The third kappa shape index (κ3) is 4.38. The molecule has 0 bridgehead atoms. The number of hydrogen-bond donors (Lipinski definition) is 4. The smallest absolute Gasteiger partial charge is 0.0881 e. The lowest BCUT2D eigenvalue weighted by Crippen LogP contribution is -2.55. The van der Waals surface area contributed by atoms with Crippen molar-refractivity contribution in [3.63, 3.8) is 0 Å². The summed E-state index contributed by atoms with van der Waals surface area (Å²) in [4.78, 5) is 0. The van der Waals surface area contributed by atoms with Gasteiger partial charge in [-0.2, -0.15) is 0 Å². The monoisotopic (exact) mass is 189 g/mol. The molecule has 0 aliphatic heterocycles. The first-order valence-corrected chi connectivity index (χ1v) is 4.32. The normalized spacial score (nSPS) is 11.7. The van der Waals surface area contributed by atoms with Crippen LogP contribution in [0.15, 0.2) is 12.2 Å². The van der Waals surface area contributed by atoms with Crippen LogP contribution in [0.4, 0.5) is 0 Å². The Balaban J connectivity index is 3.88. The molecule has 0 amide bonds. The maximum absolute atomic E-state index is 8.94. The minimum Gasteiger partial charge on any atom is -0.394 e. The van der Waals surface area contributed by atoms with Crippen LogP contribution in [-0.2, 0) is 0 Å². The zero-order valence-electron chi connectivity index (χ0n) is 8.08. The van der Waals surface area contributed by atoms with Crippen molar-refractivity contribution in [1.29, 1.82) is 0 Å². The van der Waals surface area contributed by atoms with E-state index in [0.29, 0.717) is 6.54 Å². The Morgan fingerprint density at radius 3 is 2.00 bits per heavy atom. The average Bonchev–Trinajstić information content (AvgIpc) is 2.13. The van der Waals surface area contributed by atoms with Crippen LogP contribution < -0.4 is 5.32 Å². The van der Waals surface area contributed by atoms with E-state index < -0.39 is 5.54 Å². The minimum atomic E-state index is -0.963. The summed E-state index contributed by atoms with van der Waals surface area (Å²) >= 11 is 0. The molecule has 13 heavy (non-hydrogen) atoms. The van der Waals surface area contributed by atoms with Crippen molar-refractivity contribution in [3.8, 4) is 0 Å². The summed E-state index contributed by atoms with van der Waals surface area (Å²) in [6, 6.07) is 0. The van der Waals surface area contributed by atoms with E-state index in [1.165, 1.54) is 0 Å². The van der Waals surface area contributed by atoms with Crippen molar-refractivity contribution in [1.82, 2.24) is 5.32 Å². The highest BCUT2D eigenvalue weighted by molar-refractivity contribution is 4.92. The van der Waals surface area contributed by atoms with Crippen LogP contribution in [0.2, 0.25) is 0 Å². The van der Waals surface area contributed by atoms with E-state index in [1.54, 1.807) is 0 Å². The van der Waals surface area contributed by atoms with Gasteiger partial charge in [0, 0.05) is 0 Å². The first kappa shape index (κ1) is 12.6. The standard InChI is InChI=1S/C9H19NO3/c1-8(2)3-4-10-9(5-11,6-12)7-13/h10-13H,1,3-7H2,2H3. The second-order valence-corrected chi connectivity index (χ2v) is 3.39. The van der Waals surface area contributed by atoms with Gasteiger partial charge in [-0.05, 0) is 19.9 Å². The third-order valence-corrected chi connectivity index (χ3v) is 1.96. The Kier molecular flexibility index (Phi) is 5.90. The second kappa shape index (κ2) is 6.10. The van der Waals surface area contributed by atoms with Gasteiger partial charge < -0.3 is 20.6 Å². The van der Waals surface area contributed by atoms with Gasteiger partial charge in [0.25, 0.3) is 0 Å². The largest absolute Gasteiger partial charge is 0.394 e. The summed E-state index contributed by atoms with van der Waals surface area (Å²) in [6.45, 7) is 5.38. The van der Waals surface area contributed by atoms with E-state index in [9.17, 15) is 0 Å². The lowest BCUT2D eigenvalue weighted by molar-refractivity contribution is 0.0431. The highest BCUT2D eigenvalue weighted by atomic mass is 16.3. The summed E-state index contributed by atoms with van der Waals surface area (Å²) in [7, 11) is 0. The third-order valence-electron chi connectivity index (χ3n) is 1.96. The van der Waals surface area contributed by atoms with E-state index in [-0.39, 0.29) is 19.8 Å². The molecule has 0 rings (SSSR count). The van der Waals surface area contributed by atoms with E-state index in [0.717, 1.165) is 12.0 Å². The zero-order valence-corrected chi connectivity index (χ0v) is 8.08. The van der Waals surface area contributed by atoms with Gasteiger partial charge in [-0.15, -0.1) is 6.58 Å². The quantitative estimate of drug-likeness (QED) is 0.398. The first-order chi connectivity index (χ1) is 6.10. The van der Waals surface area contributed by atoms with Gasteiger partial charge in [0.05, 0.1) is 25.4 Å². The summed E-state index contributed by atoms with van der Waals surface area (Å²) in [5, 5.41) is 29.7. The molecule has 4 N–H and O–H groups in total. The van der Waals surface area contributed by atoms with E-state index in [1.807, 2.05) is 6.92 Å². The molecular weight excluding hydrogens is 170 g/mol. The van der Waals surface area contributed by atoms with Gasteiger partial charge in [-0.1, -0.05) is 5.57 Å². The van der Waals surface area contributed by atoms with Crippen molar-refractivity contribution in [3.05, 3.63) is 12.2 Å². The number of aliphatic hydroxyl groups excluding tert-OH is 3. The van der Waals surface area contributed by atoms with Crippen molar-refractivity contribution in [2.45, 2.75) is 18.9 Å². The molecule has 4 heteroatoms. The van der Waals surface area contributed by atoms with E-state index in [2.05, 4.69) is 11.9 Å². The number of nitrogens with one attached hydrogen (secondary N) is 1. The van der Waals surface area contributed by atoms with Crippen LogP contribution in [0, 0.1) is 0 Å². The SMILES string of the molecule is C=C(C)CCNC(CO)(CO)CO. The van der Waals surface area contributed by atoms with Crippen molar-refractivity contribution >= 4 is 0 Å². The molecule has 0 aliphatic rings. The first-order valence-electron chi connectivity index (χ1n) is 4.32. The molecule has 0 saturated heterocycles. The van der Waals surface area contributed by atoms with Gasteiger partial charge in [0.15, 0.2) is 0 Å². The van der Waals surface area contributed by atoms with Gasteiger partial charge >= 0.3 is 0 Å². The number of hydrogen-bond acceptors (Lipinski definition) is 4. The summed E-state index contributed by atoms with van der Waals surface area (Å²) in [5.74, 6) is 0. The van der Waals surface area contributed by atoms with Crippen LogP contribution in [0.1, 0.15) is 13.3 Å². The minimum absolute atomic E-state index is 0.282. The summed E-state index contributed by atoms with van der Waals surface area (Å²) in [5.41, 5.74) is 0.0605. The molecule has 0 aromatic heterocycles. The number of rotatable bonds is 7. The van der Waals surface area contributed by atoms with Crippen molar-refractivity contribution < 1.29 is 15.3 Å². The highest BCUT2D eigenvalue weighted by Crippen LogP contribution is 2.02. The zero-order chi connectivity index (χ0) is 10.3. The van der Waals surface area contributed by atoms with Gasteiger partial charge in [-0.25, -0.2) is 0 Å². The van der Waals surface area contributed by atoms with Crippen LogP contribution in [0.3, 0.4) is 0 Å². The fraction of sp³-hybridized carbons (Fsp3) is 0.778. The fourth-order valence-corrected chi connectivity index (χ4v) is 0.859. The Morgan fingerprint density at radius 1 is 1.23 bits per heavy atom. The maximum atomic E-state index is 8.94. The number of aliphatic hydroxyl groups is 3. The summed E-state index contributed by atoms with van der Waals surface area (Å²) in [6.07, 6.45) is 0.766. The van der Waals surface area contributed by atoms with E-state index >= 15 is 0 Å². The molecule has 0 fully saturated rings. The molecule has 4 nitrogen and oxygen atoms in total. The van der Waals surface area contributed by atoms with Gasteiger partial charge in [0.1, 0.15) is 0 Å². The fourth-order valence-electron chi connectivity index (χ4n) is 0.859. The van der Waals surface area contributed by atoms with Gasteiger partial charge in [-0.3, -0.25) is 0 Å². The molecule has 0 aromatic carbocycles. The molecule has 0 aromatic rings.